The lowest BCUT2D eigenvalue weighted by Gasteiger charge is -1.99. The van der Waals surface area contributed by atoms with Gasteiger partial charge in [0, 0.05) is 16.7 Å². The van der Waals surface area contributed by atoms with Gasteiger partial charge >= 0.3 is 0 Å². The molecule has 0 aliphatic heterocycles. The molecule has 0 aliphatic rings. The number of hydrogen-bond donors (Lipinski definition) is 1. The van der Waals surface area contributed by atoms with Gasteiger partial charge in [0.25, 0.3) is 0 Å². The van der Waals surface area contributed by atoms with Crippen molar-refractivity contribution in [2.24, 2.45) is 0 Å². The summed E-state index contributed by atoms with van der Waals surface area (Å²) in [7, 11) is 0. The van der Waals surface area contributed by atoms with E-state index in [0.29, 0.717) is 16.5 Å². The van der Waals surface area contributed by atoms with Crippen molar-refractivity contribution < 1.29 is 5.11 Å². The highest BCUT2D eigenvalue weighted by Gasteiger charge is 1.96. The Bertz CT molecular complexity index is 228. The molecule has 1 aromatic rings. The van der Waals surface area contributed by atoms with E-state index >= 15 is 0 Å². The quantitative estimate of drug-likeness (QED) is 0.761. The van der Waals surface area contributed by atoms with Crippen LogP contribution in [-0.4, -0.2) is 11.7 Å². The summed E-state index contributed by atoms with van der Waals surface area (Å²) < 4.78 is 0. The molecule has 0 fully saturated rings. The molecule has 3 heteroatoms. The number of halogens is 2. The van der Waals surface area contributed by atoms with E-state index in [1.54, 1.807) is 18.2 Å². The Hall–Kier alpha value is -0.240. The Labute approximate surface area is 75.6 Å². The van der Waals surface area contributed by atoms with Crippen molar-refractivity contribution in [3.8, 4) is 0 Å². The van der Waals surface area contributed by atoms with Crippen molar-refractivity contribution in [1.82, 2.24) is 0 Å². The summed E-state index contributed by atoms with van der Waals surface area (Å²) >= 11 is 11.4. The van der Waals surface area contributed by atoms with E-state index in [-0.39, 0.29) is 6.61 Å². The Morgan fingerprint density at radius 2 is 1.64 bits per heavy atom. The molecule has 60 valence electrons. The van der Waals surface area contributed by atoms with Crippen molar-refractivity contribution >= 4 is 23.2 Å². The molecule has 1 nitrogen and oxygen atoms in total. The summed E-state index contributed by atoms with van der Waals surface area (Å²) in [5, 5.41) is 9.84. The predicted molar refractivity (Wildman–Crippen MR) is 47.3 cm³/mol. The van der Waals surface area contributed by atoms with Gasteiger partial charge in [-0.2, -0.15) is 0 Å². The predicted octanol–water partition coefficient (Wildman–Crippen LogP) is 2.53. The molecule has 0 bridgehead atoms. The van der Waals surface area contributed by atoms with E-state index in [2.05, 4.69) is 0 Å². The van der Waals surface area contributed by atoms with E-state index in [0.717, 1.165) is 5.56 Å². The van der Waals surface area contributed by atoms with Gasteiger partial charge in [0.2, 0.25) is 0 Å². The average Bonchev–Trinajstić information content (AvgIpc) is 1.85. The van der Waals surface area contributed by atoms with Gasteiger partial charge in [-0.25, -0.2) is 0 Å². The van der Waals surface area contributed by atoms with Crippen LogP contribution in [0.5, 0.6) is 0 Å². The van der Waals surface area contributed by atoms with Crippen LogP contribution in [0.2, 0.25) is 10.0 Å². The molecule has 0 aromatic heterocycles. The second kappa shape index (κ2) is 3.96. The number of rotatable bonds is 2. The van der Waals surface area contributed by atoms with Gasteiger partial charge in [-0.15, -0.1) is 0 Å². The van der Waals surface area contributed by atoms with Gasteiger partial charge in [0.1, 0.15) is 0 Å². The van der Waals surface area contributed by atoms with Gasteiger partial charge in [0.15, 0.2) is 0 Å². The number of benzene rings is 1. The fourth-order valence-corrected chi connectivity index (χ4v) is 1.46. The van der Waals surface area contributed by atoms with Crippen molar-refractivity contribution in [3.05, 3.63) is 33.8 Å². The van der Waals surface area contributed by atoms with E-state index < -0.39 is 0 Å². The van der Waals surface area contributed by atoms with E-state index in [1.807, 2.05) is 0 Å². The first-order chi connectivity index (χ1) is 5.22. The molecular formula is C8H8Cl2O. The van der Waals surface area contributed by atoms with Crippen molar-refractivity contribution in [2.45, 2.75) is 6.42 Å². The Morgan fingerprint density at radius 1 is 1.09 bits per heavy atom. The summed E-state index contributed by atoms with van der Waals surface area (Å²) in [5.41, 5.74) is 0.963. The lowest BCUT2D eigenvalue weighted by atomic mass is 10.2. The van der Waals surface area contributed by atoms with Crippen molar-refractivity contribution in [3.63, 3.8) is 0 Å². The van der Waals surface area contributed by atoms with Crippen LogP contribution in [0, 0.1) is 0 Å². The zero-order chi connectivity index (χ0) is 8.27. The molecule has 0 spiro atoms. The lowest BCUT2D eigenvalue weighted by molar-refractivity contribution is 0.299. The average molecular weight is 191 g/mol. The van der Waals surface area contributed by atoms with Crippen LogP contribution in [0.25, 0.3) is 0 Å². The number of hydrogen-bond acceptors (Lipinski definition) is 1. The lowest BCUT2D eigenvalue weighted by Crippen LogP contribution is -1.89. The SMILES string of the molecule is OCCc1cc(Cl)cc(Cl)c1. The maximum absolute atomic E-state index is 8.62. The van der Waals surface area contributed by atoms with E-state index in [9.17, 15) is 0 Å². The van der Waals surface area contributed by atoms with E-state index in [1.165, 1.54) is 0 Å². The molecule has 1 N–H and O–H groups in total. The smallest absolute Gasteiger partial charge is 0.0471 e. The first-order valence-corrected chi connectivity index (χ1v) is 4.04. The van der Waals surface area contributed by atoms with Gasteiger partial charge in [-0.05, 0) is 30.2 Å². The molecule has 11 heavy (non-hydrogen) atoms. The fourth-order valence-electron chi connectivity index (χ4n) is 0.884. The third-order valence-corrected chi connectivity index (χ3v) is 1.76. The summed E-state index contributed by atoms with van der Waals surface area (Å²) in [5.74, 6) is 0. The molecule has 1 aromatic carbocycles. The fraction of sp³-hybridized carbons (Fsp3) is 0.250. The number of aliphatic hydroxyl groups excluding tert-OH is 1. The minimum Gasteiger partial charge on any atom is -0.396 e. The van der Waals surface area contributed by atoms with Crippen molar-refractivity contribution in [2.75, 3.05) is 6.61 Å². The number of aliphatic hydroxyl groups is 1. The highest BCUT2D eigenvalue weighted by Crippen LogP contribution is 2.18. The maximum Gasteiger partial charge on any atom is 0.0471 e. The molecule has 0 heterocycles. The topological polar surface area (TPSA) is 20.2 Å². The van der Waals surface area contributed by atoms with Gasteiger partial charge < -0.3 is 5.11 Å². The monoisotopic (exact) mass is 190 g/mol. The molecule has 0 unspecified atom stereocenters. The van der Waals surface area contributed by atoms with E-state index in [4.69, 9.17) is 28.3 Å². The molecule has 0 saturated carbocycles. The second-order valence-corrected chi connectivity index (χ2v) is 3.12. The summed E-state index contributed by atoms with van der Waals surface area (Å²) in [6.07, 6.45) is 0.597. The zero-order valence-corrected chi connectivity index (χ0v) is 7.36. The molecule has 0 saturated heterocycles. The Morgan fingerprint density at radius 3 is 2.09 bits per heavy atom. The highest BCUT2D eigenvalue weighted by molar-refractivity contribution is 6.34. The van der Waals surface area contributed by atoms with Crippen LogP contribution in [0.15, 0.2) is 18.2 Å². The molecule has 0 aliphatic carbocycles. The van der Waals surface area contributed by atoms with Crippen LogP contribution >= 0.6 is 23.2 Å². The zero-order valence-electron chi connectivity index (χ0n) is 5.85. The molecule has 0 atom stereocenters. The first kappa shape index (κ1) is 8.85. The van der Waals surface area contributed by atoms with Crippen LogP contribution in [0.4, 0.5) is 0 Å². The minimum atomic E-state index is 0.122. The van der Waals surface area contributed by atoms with Gasteiger partial charge in [-0.1, -0.05) is 23.2 Å². The normalized spacial score (nSPS) is 10.1. The Balaban J connectivity index is 2.89. The summed E-state index contributed by atoms with van der Waals surface area (Å²) in [6, 6.07) is 5.26. The van der Waals surface area contributed by atoms with Gasteiger partial charge in [0.05, 0.1) is 0 Å². The molecular weight excluding hydrogens is 183 g/mol. The Kier molecular flexibility index (Phi) is 3.18. The van der Waals surface area contributed by atoms with Crippen LogP contribution < -0.4 is 0 Å². The van der Waals surface area contributed by atoms with Crippen LogP contribution in [-0.2, 0) is 6.42 Å². The van der Waals surface area contributed by atoms with Crippen molar-refractivity contribution in [1.29, 1.82) is 0 Å². The minimum absolute atomic E-state index is 0.122. The van der Waals surface area contributed by atoms with Crippen LogP contribution in [0.1, 0.15) is 5.56 Å². The van der Waals surface area contributed by atoms with Crippen LogP contribution in [0.3, 0.4) is 0 Å². The summed E-state index contributed by atoms with van der Waals surface area (Å²) in [4.78, 5) is 0. The third kappa shape index (κ3) is 2.70. The third-order valence-electron chi connectivity index (χ3n) is 1.32. The standard InChI is InChI=1S/C8H8Cl2O/c9-7-3-6(1-2-11)4-8(10)5-7/h3-5,11H,1-2H2. The van der Waals surface area contributed by atoms with Gasteiger partial charge in [-0.3, -0.25) is 0 Å². The maximum atomic E-state index is 8.62. The second-order valence-electron chi connectivity index (χ2n) is 2.25. The largest absolute Gasteiger partial charge is 0.396 e. The molecule has 0 amide bonds. The summed E-state index contributed by atoms with van der Waals surface area (Å²) in [6.45, 7) is 0.122. The highest BCUT2D eigenvalue weighted by atomic mass is 35.5. The molecule has 0 radical (unpaired) electrons. The molecule has 1 rings (SSSR count). The first-order valence-electron chi connectivity index (χ1n) is 3.28.